The van der Waals surface area contributed by atoms with Gasteiger partial charge in [-0.3, -0.25) is 9.78 Å². The standard InChI is InChI=1S/C13H15N3O2/c1-3-4-10(17)7-12-15-13(16-18-12)11-5-6-14-8-9(11)2/h5-6,8H,3-4,7H2,1-2H3. The molecule has 0 unspecified atom stereocenters. The number of carbonyl (C=O) groups excluding carboxylic acids is 1. The molecule has 0 bridgehead atoms. The zero-order valence-corrected chi connectivity index (χ0v) is 10.5. The molecule has 2 rings (SSSR count). The molecule has 18 heavy (non-hydrogen) atoms. The number of rotatable bonds is 5. The number of pyridine rings is 1. The van der Waals surface area contributed by atoms with Gasteiger partial charge in [0.05, 0.1) is 6.42 Å². The molecule has 0 N–H and O–H groups in total. The van der Waals surface area contributed by atoms with Crippen molar-refractivity contribution in [3.63, 3.8) is 0 Å². The molecule has 0 atom stereocenters. The van der Waals surface area contributed by atoms with E-state index in [9.17, 15) is 4.79 Å². The van der Waals surface area contributed by atoms with E-state index in [0.29, 0.717) is 18.1 Å². The number of aryl methyl sites for hydroxylation is 1. The van der Waals surface area contributed by atoms with E-state index in [-0.39, 0.29) is 12.2 Å². The highest BCUT2D eigenvalue weighted by molar-refractivity contribution is 5.79. The predicted molar refractivity (Wildman–Crippen MR) is 65.9 cm³/mol. The molecule has 5 nitrogen and oxygen atoms in total. The van der Waals surface area contributed by atoms with Crippen LogP contribution in [0.5, 0.6) is 0 Å². The number of hydrogen-bond acceptors (Lipinski definition) is 5. The van der Waals surface area contributed by atoms with Gasteiger partial charge in [-0.15, -0.1) is 0 Å². The third kappa shape index (κ3) is 2.80. The molecule has 5 heteroatoms. The maximum atomic E-state index is 11.5. The normalized spacial score (nSPS) is 10.6. The quantitative estimate of drug-likeness (QED) is 0.808. The molecule has 2 aromatic heterocycles. The smallest absolute Gasteiger partial charge is 0.234 e. The van der Waals surface area contributed by atoms with Crippen molar-refractivity contribution in [1.82, 2.24) is 15.1 Å². The van der Waals surface area contributed by atoms with Crippen molar-refractivity contribution in [3.05, 3.63) is 29.9 Å². The van der Waals surface area contributed by atoms with Crippen LogP contribution in [0, 0.1) is 6.92 Å². The molecular weight excluding hydrogens is 230 g/mol. The Hall–Kier alpha value is -2.04. The lowest BCUT2D eigenvalue weighted by molar-refractivity contribution is -0.118. The number of aromatic nitrogens is 3. The van der Waals surface area contributed by atoms with Crippen molar-refractivity contribution >= 4 is 5.78 Å². The molecule has 0 aliphatic carbocycles. The molecule has 0 radical (unpaired) electrons. The average molecular weight is 245 g/mol. The van der Waals surface area contributed by atoms with Crippen LogP contribution in [0.25, 0.3) is 11.4 Å². The third-order valence-corrected chi connectivity index (χ3v) is 2.61. The van der Waals surface area contributed by atoms with Gasteiger partial charge in [-0.25, -0.2) is 0 Å². The zero-order chi connectivity index (χ0) is 13.0. The molecule has 2 aromatic rings. The Kier molecular flexibility index (Phi) is 3.82. The predicted octanol–water partition coefficient (Wildman–Crippen LogP) is 2.35. The number of nitrogens with zero attached hydrogens (tertiary/aromatic N) is 3. The highest BCUT2D eigenvalue weighted by Gasteiger charge is 2.13. The molecule has 0 aliphatic heterocycles. The van der Waals surface area contributed by atoms with Crippen LogP contribution >= 0.6 is 0 Å². The topological polar surface area (TPSA) is 68.9 Å². The van der Waals surface area contributed by atoms with Gasteiger partial charge in [0.25, 0.3) is 0 Å². The van der Waals surface area contributed by atoms with Gasteiger partial charge in [-0.05, 0) is 25.0 Å². The molecule has 0 aliphatic rings. The SMILES string of the molecule is CCCC(=O)Cc1nc(-c2ccncc2C)no1. The van der Waals surface area contributed by atoms with E-state index in [0.717, 1.165) is 17.5 Å². The second-order valence-corrected chi connectivity index (χ2v) is 4.17. The van der Waals surface area contributed by atoms with E-state index in [1.165, 1.54) is 0 Å². The molecule has 94 valence electrons. The van der Waals surface area contributed by atoms with Gasteiger partial charge >= 0.3 is 0 Å². The Morgan fingerprint density at radius 3 is 3.00 bits per heavy atom. The Morgan fingerprint density at radius 2 is 2.28 bits per heavy atom. The summed E-state index contributed by atoms with van der Waals surface area (Å²) in [6.07, 6.45) is 5.02. The number of ketones is 1. The third-order valence-electron chi connectivity index (χ3n) is 2.61. The van der Waals surface area contributed by atoms with Crippen molar-refractivity contribution in [2.75, 3.05) is 0 Å². The van der Waals surface area contributed by atoms with Crippen molar-refractivity contribution in [1.29, 1.82) is 0 Å². The van der Waals surface area contributed by atoms with Crippen molar-refractivity contribution in [3.8, 4) is 11.4 Å². The first kappa shape index (κ1) is 12.4. The van der Waals surface area contributed by atoms with Gasteiger partial charge in [-0.1, -0.05) is 12.1 Å². The van der Waals surface area contributed by atoms with E-state index in [2.05, 4.69) is 15.1 Å². The lowest BCUT2D eigenvalue weighted by Crippen LogP contribution is -2.01. The van der Waals surface area contributed by atoms with Crippen LogP contribution in [0.4, 0.5) is 0 Å². The van der Waals surface area contributed by atoms with Gasteiger partial charge in [0.15, 0.2) is 0 Å². The van der Waals surface area contributed by atoms with E-state index < -0.39 is 0 Å². The number of Topliss-reactive ketones (excluding diaryl/α,β-unsaturated/α-hetero) is 1. The average Bonchev–Trinajstić information content (AvgIpc) is 2.78. The maximum absolute atomic E-state index is 11.5. The first-order valence-electron chi connectivity index (χ1n) is 5.96. The van der Waals surface area contributed by atoms with E-state index in [1.54, 1.807) is 12.4 Å². The molecule has 0 saturated carbocycles. The molecule has 0 amide bonds. The van der Waals surface area contributed by atoms with Crippen LogP contribution < -0.4 is 0 Å². The zero-order valence-electron chi connectivity index (χ0n) is 10.5. The summed E-state index contributed by atoms with van der Waals surface area (Å²) in [7, 11) is 0. The van der Waals surface area contributed by atoms with Crippen molar-refractivity contribution in [2.24, 2.45) is 0 Å². The minimum absolute atomic E-state index is 0.124. The van der Waals surface area contributed by atoms with Crippen molar-refractivity contribution in [2.45, 2.75) is 33.1 Å². The largest absolute Gasteiger partial charge is 0.339 e. The Labute approximate surface area is 105 Å². The first-order valence-corrected chi connectivity index (χ1v) is 5.96. The number of hydrogen-bond donors (Lipinski definition) is 0. The second-order valence-electron chi connectivity index (χ2n) is 4.17. The minimum Gasteiger partial charge on any atom is -0.339 e. The molecule has 0 fully saturated rings. The molecular formula is C13H15N3O2. The summed E-state index contributed by atoms with van der Waals surface area (Å²) in [5.41, 5.74) is 1.85. The fraction of sp³-hybridized carbons (Fsp3) is 0.385. The second kappa shape index (κ2) is 5.53. The van der Waals surface area contributed by atoms with Crippen LogP contribution in [0.1, 0.15) is 31.2 Å². The highest BCUT2D eigenvalue weighted by Crippen LogP contribution is 2.19. The summed E-state index contributed by atoms with van der Waals surface area (Å²) in [5.74, 6) is 1.01. The Bertz CT molecular complexity index is 549. The Balaban J connectivity index is 2.16. The summed E-state index contributed by atoms with van der Waals surface area (Å²) >= 11 is 0. The summed E-state index contributed by atoms with van der Waals surface area (Å²) < 4.78 is 5.09. The van der Waals surface area contributed by atoms with Gasteiger partial charge < -0.3 is 4.52 Å². The summed E-state index contributed by atoms with van der Waals surface area (Å²) in [6.45, 7) is 3.90. The van der Waals surface area contributed by atoms with Crippen LogP contribution in [0.2, 0.25) is 0 Å². The van der Waals surface area contributed by atoms with E-state index in [4.69, 9.17) is 4.52 Å². The van der Waals surface area contributed by atoms with E-state index >= 15 is 0 Å². The van der Waals surface area contributed by atoms with Gasteiger partial charge in [0.1, 0.15) is 5.78 Å². The van der Waals surface area contributed by atoms with Crippen molar-refractivity contribution < 1.29 is 9.32 Å². The summed E-state index contributed by atoms with van der Waals surface area (Å²) in [6, 6.07) is 1.83. The van der Waals surface area contributed by atoms with Gasteiger partial charge in [0, 0.05) is 24.4 Å². The van der Waals surface area contributed by atoms with Crippen LogP contribution in [-0.2, 0) is 11.2 Å². The van der Waals surface area contributed by atoms with Gasteiger partial charge in [-0.2, -0.15) is 4.98 Å². The monoisotopic (exact) mass is 245 g/mol. The fourth-order valence-corrected chi connectivity index (χ4v) is 1.70. The lowest BCUT2D eigenvalue weighted by atomic mass is 10.1. The molecule has 0 saturated heterocycles. The Morgan fingerprint density at radius 1 is 1.44 bits per heavy atom. The fourth-order valence-electron chi connectivity index (χ4n) is 1.70. The molecule has 2 heterocycles. The summed E-state index contributed by atoms with van der Waals surface area (Å²) in [4.78, 5) is 19.7. The van der Waals surface area contributed by atoms with Crippen LogP contribution in [0.3, 0.4) is 0 Å². The molecule has 0 spiro atoms. The maximum Gasteiger partial charge on any atom is 0.234 e. The lowest BCUT2D eigenvalue weighted by Gasteiger charge is -1.97. The highest BCUT2D eigenvalue weighted by atomic mass is 16.5. The molecule has 0 aromatic carbocycles. The summed E-state index contributed by atoms with van der Waals surface area (Å²) in [5, 5.41) is 3.89. The van der Waals surface area contributed by atoms with Crippen LogP contribution in [0.15, 0.2) is 23.0 Å². The number of carbonyl (C=O) groups is 1. The van der Waals surface area contributed by atoms with Crippen LogP contribution in [-0.4, -0.2) is 20.9 Å². The minimum atomic E-state index is 0.124. The first-order chi connectivity index (χ1) is 8.70. The van der Waals surface area contributed by atoms with Gasteiger partial charge in [0.2, 0.25) is 11.7 Å². The van der Waals surface area contributed by atoms with E-state index in [1.807, 2.05) is 19.9 Å².